The molecule has 1 aliphatic rings. The van der Waals surface area contributed by atoms with E-state index in [1.54, 1.807) is 7.11 Å². The van der Waals surface area contributed by atoms with Crippen LogP contribution in [-0.2, 0) is 4.79 Å². The largest absolute Gasteiger partial charge is 0.481 e. The Morgan fingerprint density at radius 1 is 1.56 bits per heavy atom. The van der Waals surface area contributed by atoms with Crippen molar-refractivity contribution < 1.29 is 9.53 Å². The van der Waals surface area contributed by atoms with Crippen LogP contribution in [0, 0.1) is 6.92 Å². The lowest BCUT2D eigenvalue weighted by Crippen LogP contribution is -2.22. The molecule has 2 heterocycles. The number of methoxy groups -OCH3 is 1. The van der Waals surface area contributed by atoms with E-state index in [-0.39, 0.29) is 6.04 Å². The summed E-state index contributed by atoms with van der Waals surface area (Å²) in [5.74, 6) is 0.622. The van der Waals surface area contributed by atoms with Gasteiger partial charge in [-0.3, -0.25) is 4.79 Å². The number of aryl methyl sites for hydroxylation is 1. The maximum Gasteiger partial charge on any atom is 0.213 e. The summed E-state index contributed by atoms with van der Waals surface area (Å²) in [5, 5.41) is 0. The Bertz CT molecular complexity index is 393. The van der Waals surface area contributed by atoms with Crippen LogP contribution in [0.4, 0.5) is 0 Å². The van der Waals surface area contributed by atoms with Crippen molar-refractivity contribution in [3.63, 3.8) is 0 Å². The van der Waals surface area contributed by atoms with E-state index in [0.717, 1.165) is 37.1 Å². The Morgan fingerprint density at radius 2 is 2.38 bits per heavy atom. The molecule has 0 N–H and O–H groups in total. The van der Waals surface area contributed by atoms with Gasteiger partial charge < -0.3 is 9.64 Å². The molecule has 2 rings (SSSR count). The third kappa shape index (κ3) is 1.87. The molecule has 0 bridgehead atoms. The Labute approximate surface area is 95.2 Å². The molecule has 1 atom stereocenters. The predicted octanol–water partition coefficient (Wildman–Crippen LogP) is 1.69. The quantitative estimate of drug-likeness (QED) is 0.728. The van der Waals surface area contributed by atoms with Gasteiger partial charge in [0, 0.05) is 18.3 Å². The summed E-state index contributed by atoms with van der Waals surface area (Å²) in [5.41, 5.74) is 2.07. The number of ether oxygens (including phenoxy) is 1. The van der Waals surface area contributed by atoms with E-state index in [4.69, 9.17) is 4.74 Å². The lowest BCUT2D eigenvalue weighted by Gasteiger charge is -2.21. The molecule has 0 aliphatic carbocycles. The first-order valence-electron chi connectivity index (χ1n) is 5.49. The third-order valence-corrected chi connectivity index (χ3v) is 3.10. The molecule has 1 fully saturated rings. The number of nitrogens with zero attached hydrogens (tertiary/aromatic N) is 2. The van der Waals surface area contributed by atoms with Crippen LogP contribution in [0.5, 0.6) is 5.88 Å². The van der Waals surface area contributed by atoms with Crippen molar-refractivity contribution in [2.24, 2.45) is 0 Å². The number of hydrogen-bond donors (Lipinski definition) is 0. The Morgan fingerprint density at radius 3 is 3.00 bits per heavy atom. The fourth-order valence-corrected chi connectivity index (χ4v) is 2.26. The van der Waals surface area contributed by atoms with Gasteiger partial charge in [-0.1, -0.05) is 0 Å². The summed E-state index contributed by atoms with van der Waals surface area (Å²) in [7, 11) is 1.61. The lowest BCUT2D eigenvalue weighted by molar-refractivity contribution is -0.118. The maximum absolute atomic E-state index is 10.9. The molecule has 1 aromatic rings. The summed E-state index contributed by atoms with van der Waals surface area (Å²) >= 11 is 0. The molecule has 1 amide bonds. The number of carbonyl (C=O) groups is 1. The van der Waals surface area contributed by atoms with Crippen molar-refractivity contribution in [3.8, 4) is 5.88 Å². The highest BCUT2D eigenvalue weighted by atomic mass is 16.5. The molecule has 4 heteroatoms. The topological polar surface area (TPSA) is 42.4 Å². The molecule has 86 valence electrons. The molecule has 1 aliphatic heterocycles. The summed E-state index contributed by atoms with van der Waals surface area (Å²) in [6.07, 6.45) is 3.02. The Hall–Kier alpha value is -1.58. The van der Waals surface area contributed by atoms with Gasteiger partial charge in [-0.25, -0.2) is 4.98 Å². The van der Waals surface area contributed by atoms with Crippen LogP contribution < -0.4 is 4.74 Å². The van der Waals surface area contributed by atoms with E-state index in [9.17, 15) is 4.79 Å². The molecule has 4 nitrogen and oxygen atoms in total. The predicted molar refractivity (Wildman–Crippen MR) is 60.3 cm³/mol. The number of aromatic nitrogens is 1. The van der Waals surface area contributed by atoms with Crippen LogP contribution in [0.2, 0.25) is 0 Å². The Kier molecular flexibility index (Phi) is 3.08. The standard InChI is InChI=1S/C12H16N2O2/c1-9-10(5-6-12(13-9)16-2)11-4-3-7-14(11)8-15/h5-6,8,11H,3-4,7H2,1-2H3. The van der Waals surface area contributed by atoms with Crippen LogP contribution in [0.15, 0.2) is 12.1 Å². The first kappa shape index (κ1) is 10.9. The highest BCUT2D eigenvalue weighted by molar-refractivity contribution is 5.50. The molecular formula is C12H16N2O2. The van der Waals surface area contributed by atoms with Crippen molar-refractivity contribution in [1.82, 2.24) is 9.88 Å². The second-order valence-corrected chi connectivity index (χ2v) is 4.03. The van der Waals surface area contributed by atoms with Crippen LogP contribution in [0.25, 0.3) is 0 Å². The average Bonchev–Trinajstić information content (AvgIpc) is 2.76. The van der Waals surface area contributed by atoms with Crippen LogP contribution in [-0.4, -0.2) is 29.9 Å². The van der Waals surface area contributed by atoms with Crippen LogP contribution in [0.3, 0.4) is 0 Å². The maximum atomic E-state index is 10.9. The highest BCUT2D eigenvalue weighted by Crippen LogP contribution is 2.32. The second-order valence-electron chi connectivity index (χ2n) is 4.03. The van der Waals surface area contributed by atoms with Crippen molar-refractivity contribution >= 4 is 6.41 Å². The zero-order chi connectivity index (χ0) is 11.5. The molecule has 0 aromatic carbocycles. The van der Waals surface area contributed by atoms with E-state index < -0.39 is 0 Å². The van der Waals surface area contributed by atoms with E-state index in [0.29, 0.717) is 5.88 Å². The van der Waals surface area contributed by atoms with E-state index in [2.05, 4.69) is 4.98 Å². The summed E-state index contributed by atoms with van der Waals surface area (Å²) in [6, 6.07) is 4.05. The normalized spacial score (nSPS) is 19.9. The number of rotatable bonds is 3. The minimum atomic E-state index is 0.191. The molecule has 0 radical (unpaired) electrons. The van der Waals surface area contributed by atoms with Crippen LogP contribution >= 0.6 is 0 Å². The van der Waals surface area contributed by atoms with Gasteiger partial charge >= 0.3 is 0 Å². The first-order chi connectivity index (χ1) is 7.76. The highest BCUT2D eigenvalue weighted by Gasteiger charge is 2.26. The molecule has 1 saturated heterocycles. The Balaban J connectivity index is 2.29. The van der Waals surface area contributed by atoms with Crippen molar-refractivity contribution in [3.05, 3.63) is 23.4 Å². The molecule has 0 saturated carbocycles. The average molecular weight is 220 g/mol. The summed E-state index contributed by atoms with van der Waals surface area (Å²) in [4.78, 5) is 17.1. The number of pyridine rings is 1. The van der Waals surface area contributed by atoms with E-state index in [1.165, 1.54) is 0 Å². The van der Waals surface area contributed by atoms with Gasteiger partial charge in [0.25, 0.3) is 0 Å². The van der Waals surface area contributed by atoms with Gasteiger partial charge in [0.2, 0.25) is 12.3 Å². The van der Waals surface area contributed by atoms with Gasteiger partial charge in [0.15, 0.2) is 0 Å². The van der Waals surface area contributed by atoms with Gasteiger partial charge in [-0.15, -0.1) is 0 Å². The van der Waals surface area contributed by atoms with E-state index in [1.807, 2.05) is 24.0 Å². The van der Waals surface area contributed by atoms with Gasteiger partial charge in [-0.05, 0) is 31.4 Å². The SMILES string of the molecule is COc1ccc(C2CCCN2C=O)c(C)n1. The van der Waals surface area contributed by atoms with Crippen molar-refractivity contribution in [2.75, 3.05) is 13.7 Å². The van der Waals surface area contributed by atoms with Gasteiger partial charge in [0.05, 0.1) is 13.2 Å². The molecule has 1 aromatic heterocycles. The first-order valence-corrected chi connectivity index (χ1v) is 5.49. The smallest absolute Gasteiger partial charge is 0.213 e. The van der Waals surface area contributed by atoms with Gasteiger partial charge in [0.1, 0.15) is 0 Å². The number of likely N-dealkylation sites (tertiary alicyclic amines) is 1. The minimum absolute atomic E-state index is 0.191. The third-order valence-electron chi connectivity index (χ3n) is 3.10. The summed E-state index contributed by atoms with van der Waals surface area (Å²) in [6.45, 7) is 2.80. The molecule has 0 spiro atoms. The fourth-order valence-electron chi connectivity index (χ4n) is 2.26. The van der Waals surface area contributed by atoms with Crippen molar-refractivity contribution in [1.29, 1.82) is 0 Å². The summed E-state index contributed by atoms with van der Waals surface area (Å²) < 4.78 is 5.07. The van der Waals surface area contributed by atoms with Gasteiger partial charge in [-0.2, -0.15) is 0 Å². The zero-order valence-corrected chi connectivity index (χ0v) is 9.64. The number of amides is 1. The lowest BCUT2D eigenvalue weighted by atomic mass is 10.0. The monoisotopic (exact) mass is 220 g/mol. The number of carbonyl (C=O) groups excluding carboxylic acids is 1. The fraction of sp³-hybridized carbons (Fsp3) is 0.500. The van der Waals surface area contributed by atoms with Crippen LogP contribution in [0.1, 0.15) is 30.1 Å². The molecular weight excluding hydrogens is 204 g/mol. The second kappa shape index (κ2) is 4.51. The molecule has 1 unspecified atom stereocenters. The number of hydrogen-bond acceptors (Lipinski definition) is 3. The minimum Gasteiger partial charge on any atom is -0.481 e. The van der Waals surface area contributed by atoms with Crippen molar-refractivity contribution in [2.45, 2.75) is 25.8 Å². The molecule has 16 heavy (non-hydrogen) atoms. The van der Waals surface area contributed by atoms with E-state index >= 15 is 0 Å². The zero-order valence-electron chi connectivity index (χ0n) is 9.64.